The Labute approximate surface area is 80.6 Å². The Morgan fingerprint density at radius 1 is 1.64 bits per heavy atom. The van der Waals surface area contributed by atoms with Crippen molar-refractivity contribution in [2.45, 2.75) is 24.7 Å². The summed E-state index contributed by atoms with van der Waals surface area (Å²) in [6.07, 6.45) is 2.90. The van der Waals surface area contributed by atoms with E-state index < -0.39 is 17.2 Å². The summed E-state index contributed by atoms with van der Waals surface area (Å²) in [5.74, 6) is -1.29. The molecule has 0 aliphatic heterocycles. The molecule has 4 heteroatoms. The van der Waals surface area contributed by atoms with E-state index in [1.165, 1.54) is 18.3 Å². The van der Waals surface area contributed by atoms with Crippen LogP contribution in [0.1, 0.15) is 25.0 Å². The average Bonchev–Trinajstić information content (AvgIpc) is 2.85. The normalized spacial score (nSPS) is 17.8. The maximum atomic E-state index is 13.3. The van der Waals surface area contributed by atoms with E-state index in [2.05, 4.69) is 4.98 Å². The fraction of sp³-hybridized carbons (Fsp3) is 0.400. The second-order valence-corrected chi connectivity index (χ2v) is 3.68. The number of rotatable bonds is 3. The zero-order valence-corrected chi connectivity index (χ0v) is 7.53. The zero-order valence-electron chi connectivity index (χ0n) is 7.53. The molecule has 3 nitrogen and oxygen atoms in total. The van der Waals surface area contributed by atoms with Gasteiger partial charge in [-0.25, -0.2) is 4.39 Å². The fourth-order valence-electron chi connectivity index (χ4n) is 1.71. The third-order valence-corrected chi connectivity index (χ3v) is 2.60. The Hall–Kier alpha value is -1.45. The van der Waals surface area contributed by atoms with Crippen molar-refractivity contribution >= 4 is 5.97 Å². The van der Waals surface area contributed by atoms with Crippen molar-refractivity contribution in [3.8, 4) is 0 Å². The van der Waals surface area contributed by atoms with Crippen LogP contribution in [-0.2, 0) is 10.2 Å². The Morgan fingerprint density at radius 2 is 2.36 bits per heavy atom. The van der Waals surface area contributed by atoms with E-state index in [1.807, 2.05) is 0 Å². The molecule has 74 valence electrons. The van der Waals surface area contributed by atoms with Crippen molar-refractivity contribution in [2.24, 2.45) is 0 Å². The topological polar surface area (TPSA) is 50.2 Å². The highest BCUT2D eigenvalue weighted by molar-refractivity contribution is 5.69. The fourth-order valence-corrected chi connectivity index (χ4v) is 1.71. The van der Waals surface area contributed by atoms with Crippen molar-refractivity contribution in [3.63, 3.8) is 0 Å². The van der Waals surface area contributed by atoms with Crippen molar-refractivity contribution in [2.75, 3.05) is 0 Å². The molecule has 0 unspecified atom stereocenters. The predicted octanol–water partition coefficient (Wildman–Crippen LogP) is 1.73. The maximum absolute atomic E-state index is 13.3. The molecular weight excluding hydrogens is 185 g/mol. The number of pyridine rings is 1. The van der Waals surface area contributed by atoms with Crippen molar-refractivity contribution in [1.29, 1.82) is 0 Å². The first-order chi connectivity index (χ1) is 6.64. The van der Waals surface area contributed by atoms with Gasteiger partial charge < -0.3 is 5.11 Å². The quantitative estimate of drug-likeness (QED) is 0.799. The van der Waals surface area contributed by atoms with Crippen molar-refractivity contribution < 1.29 is 14.3 Å². The second kappa shape index (κ2) is 3.04. The van der Waals surface area contributed by atoms with Crippen LogP contribution in [0.2, 0.25) is 0 Å². The molecule has 2 rings (SSSR count). The van der Waals surface area contributed by atoms with E-state index in [-0.39, 0.29) is 6.42 Å². The number of hydrogen-bond acceptors (Lipinski definition) is 2. The summed E-state index contributed by atoms with van der Waals surface area (Å²) >= 11 is 0. The number of halogens is 1. The van der Waals surface area contributed by atoms with Crippen LogP contribution < -0.4 is 0 Å². The molecule has 1 aromatic heterocycles. The van der Waals surface area contributed by atoms with Gasteiger partial charge in [-0.15, -0.1) is 0 Å². The highest BCUT2D eigenvalue weighted by atomic mass is 19.1. The second-order valence-electron chi connectivity index (χ2n) is 3.68. The molecule has 1 fully saturated rings. The van der Waals surface area contributed by atoms with Crippen LogP contribution in [-0.4, -0.2) is 16.1 Å². The smallest absolute Gasteiger partial charge is 0.304 e. The molecule has 14 heavy (non-hydrogen) atoms. The highest BCUT2D eigenvalue weighted by Gasteiger charge is 2.48. The maximum Gasteiger partial charge on any atom is 0.304 e. The largest absolute Gasteiger partial charge is 0.481 e. The first-order valence-electron chi connectivity index (χ1n) is 4.47. The monoisotopic (exact) mass is 195 g/mol. The highest BCUT2D eigenvalue weighted by Crippen LogP contribution is 2.50. The van der Waals surface area contributed by atoms with Crippen LogP contribution in [0.4, 0.5) is 4.39 Å². The summed E-state index contributed by atoms with van der Waals surface area (Å²) in [4.78, 5) is 14.5. The molecular formula is C10H10FNO2. The molecule has 0 saturated heterocycles. The average molecular weight is 195 g/mol. The van der Waals surface area contributed by atoms with E-state index in [1.54, 1.807) is 0 Å². The zero-order chi connectivity index (χ0) is 10.2. The van der Waals surface area contributed by atoms with Crippen molar-refractivity contribution in [3.05, 3.63) is 29.8 Å². The minimum absolute atomic E-state index is 0.0269. The molecule has 1 aromatic rings. The summed E-state index contributed by atoms with van der Waals surface area (Å²) in [6.45, 7) is 0. The third-order valence-electron chi connectivity index (χ3n) is 2.60. The summed E-state index contributed by atoms with van der Waals surface area (Å²) in [7, 11) is 0. The standard InChI is InChI=1S/C10H10FNO2/c11-7-2-1-5-12-9(7)10(3-4-10)6-8(13)14/h1-2,5H,3-4,6H2,(H,13,14). The molecule has 0 amide bonds. The lowest BCUT2D eigenvalue weighted by Crippen LogP contribution is -2.16. The Balaban J connectivity index is 2.31. The van der Waals surface area contributed by atoms with Gasteiger partial charge in [-0.3, -0.25) is 9.78 Å². The minimum Gasteiger partial charge on any atom is -0.481 e. The van der Waals surface area contributed by atoms with Crippen molar-refractivity contribution in [1.82, 2.24) is 4.98 Å². The molecule has 1 heterocycles. The summed E-state index contributed by atoms with van der Waals surface area (Å²) in [5, 5.41) is 8.69. The van der Waals surface area contributed by atoms with Gasteiger partial charge in [0.25, 0.3) is 0 Å². The molecule has 0 radical (unpaired) electrons. The molecule has 0 spiro atoms. The first kappa shape index (κ1) is 9.12. The van der Waals surface area contributed by atoms with Gasteiger partial charge in [-0.1, -0.05) is 0 Å². The van der Waals surface area contributed by atoms with E-state index >= 15 is 0 Å². The number of aromatic nitrogens is 1. The molecule has 1 saturated carbocycles. The third kappa shape index (κ3) is 1.47. The molecule has 1 aliphatic carbocycles. The van der Waals surface area contributed by atoms with Gasteiger partial charge in [-0.05, 0) is 25.0 Å². The molecule has 1 aliphatic rings. The van der Waals surface area contributed by atoms with Crippen LogP contribution in [0.5, 0.6) is 0 Å². The number of carboxylic acids is 1. The molecule has 0 aromatic carbocycles. The van der Waals surface area contributed by atoms with Gasteiger partial charge in [0.05, 0.1) is 12.1 Å². The number of aliphatic carboxylic acids is 1. The molecule has 1 N–H and O–H groups in total. The van der Waals surface area contributed by atoms with Gasteiger partial charge in [0, 0.05) is 11.6 Å². The van der Waals surface area contributed by atoms with E-state index in [0.29, 0.717) is 18.5 Å². The van der Waals surface area contributed by atoms with Gasteiger partial charge in [0.2, 0.25) is 0 Å². The lowest BCUT2D eigenvalue weighted by Gasteiger charge is -2.11. The van der Waals surface area contributed by atoms with Crippen LogP contribution >= 0.6 is 0 Å². The SMILES string of the molecule is O=C(O)CC1(c2ncccc2F)CC1. The Morgan fingerprint density at radius 3 is 2.86 bits per heavy atom. The molecule has 0 atom stereocenters. The lowest BCUT2D eigenvalue weighted by molar-refractivity contribution is -0.137. The van der Waals surface area contributed by atoms with Crippen LogP contribution in [0.3, 0.4) is 0 Å². The Bertz CT molecular complexity index is 374. The lowest BCUT2D eigenvalue weighted by atomic mass is 9.97. The number of carboxylic acid groups (broad SMARTS) is 1. The Kier molecular flexibility index (Phi) is 1.98. The van der Waals surface area contributed by atoms with E-state index in [9.17, 15) is 9.18 Å². The number of nitrogens with zero attached hydrogens (tertiary/aromatic N) is 1. The first-order valence-corrected chi connectivity index (χ1v) is 4.47. The molecule has 0 bridgehead atoms. The summed E-state index contributed by atoms with van der Waals surface area (Å²) in [6, 6.07) is 2.83. The van der Waals surface area contributed by atoms with Crippen LogP contribution in [0, 0.1) is 5.82 Å². The predicted molar refractivity (Wildman–Crippen MR) is 47.4 cm³/mol. The van der Waals surface area contributed by atoms with Gasteiger partial charge in [0.1, 0.15) is 5.82 Å². The van der Waals surface area contributed by atoms with E-state index in [4.69, 9.17) is 5.11 Å². The van der Waals surface area contributed by atoms with E-state index in [0.717, 1.165) is 0 Å². The minimum atomic E-state index is -0.896. The number of hydrogen-bond donors (Lipinski definition) is 1. The van der Waals surface area contributed by atoms with Gasteiger partial charge >= 0.3 is 5.97 Å². The summed E-state index contributed by atoms with van der Waals surface area (Å²) in [5.41, 5.74) is -0.223. The van der Waals surface area contributed by atoms with Crippen LogP contribution in [0.15, 0.2) is 18.3 Å². The summed E-state index contributed by atoms with van der Waals surface area (Å²) < 4.78 is 13.3. The number of carbonyl (C=O) groups is 1. The van der Waals surface area contributed by atoms with Crippen LogP contribution in [0.25, 0.3) is 0 Å². The van der Waals surface area contributed by atoms with Gasteiger partial charge in [0.15, 0.2) is 0 Å². The van der Waals surface area contributed by atoms with Gasteiger partial charge in [-0.2, -0.15) is 0 Å².